The summed E-state index contributed by atoms with van der Waals surface area (Å²) in [6, 6.07) is -0.355. The van der Waals surface area contributed by atoms with Gasteiger partial charge in [-0.2, -0.15) is 0 Å². The van der Waals surface area contributed by atoms with Crippen molar-refractivity contribution in [3.8, 4) is 0 Å². The molecule has 0 aliphatic rings. The molecule has 0 rings (SSSR count). The number of likely N-dealkylation sites (N-methyl/N-ethyl adjacent to an activating group) is 1. The van der Waals surface area contributed by atoms with Gasteiger partial charge in [-0.3, -0.25) is 0 Å². The fourth-order valence-corrected chi connectivity index (χ4v) is 1.03. The van der Waals surface area contributed by atoms with Gasteiger partial charge in [-0.25, -0.2) is 9.59 Å². The molecule has 0 radical (unpaired) electrons. The van der Waals surface area contributed by atoms with Crippen molar-refractivity contribution in [2.75, 3.05) is 33.2 Å². The van der Waals surface area contributed by atoms with Gasteiger partial charge in [0.25, 0.3) is 0 Å². The molecule has 0 saturated heterocycles. The molecule has 4 N–H and O–H groups in total. The highest BCUT2D eigenvalue weighted by Gasteiger charge is 2.12. The minimum absolute atomic E-state index is 0.00236. The van der Waals surface area contributed by atoms with Crippen LogP contribution in [-0.2, 0) is 4.79 Å². The molecule has 100 valence electrons. The normalized spacial score (nSPS) is 12.2. The molecular weight excluding hydrogens is 226 g/mol. The summed E-state index contributed by atoms with van der Waals surface area (Å²) in [5, 5.41) is 22.4. The molecule has 0 aliphatic carbocycles. The second-order valence-electron chi connectivity index (χ2n) is 3.72. The first-order chi connectivity index (χ1) is 7.97. The van der Waals surface area contributed by atoms with Crippen LogP contribution >= 0.6 is 0 Å². The summed E-state index contributed by atoms with van der Waals surface area (Å²) in [5.41, 5.74) is 0. The Morgan fingerprint density at radius 3 is 2.41 bits per heavy atom. The van der Waals surface area contributed by atoms with Gasteiger partial charge in [0.1, 0.15) is 0 Å². The molecular formula is C10H21N3O4. The first-order valence-corrected chi connectivity index (χ1v) is 5.58. The van der Waals surface area contributed by atoms with Crippen LogP contribution in [0.3, 0.4) is 0 Å². The zero-order valence-corrected chi connectivity index (χ0v) is 10.3. The third-order valence-corrected chi connectivity index (χ3v) is 2.31. The largest absolute Gasteiger partial charge is 0.479 e. The smallest absolute Gasteiger partial charge is 0.332 e. The molecule has 1 atom stereocenters. The number of hydrogen-bond donors (Lipinski definition) is 4. The number of carbonyl (C=O) groups is 2. The average molecular weight is 247 g/mol. The molecule has 17 heavy (non-hydrogen) atoms. The van der Waals surface area contributed by atoms with Crippen molar-refractivity contribution >= 4 is 12.0 Å². The number of nitrogens with zero attached hydrogens (tertiary/aromatic N) is 1. The molecule has 0 unspecified atom stereocenters. The third kappa shape index (κ3) is 8.47. The standard InChI is InChI=1S/C10H21N3O4/c1-3-13(2)7-6-12-10(17)11-5-4-8(14)9(15)16/h8,14H,3-7H2,1-2H3,(H,15,16)(H2,11,12,17)/t8-/m0/s1. The van der Waals surface area contributed by atoms with E-state index in [1.165, 1.54) is 0 Å². The van der Waals surface area contributed by atoms with Gasteiger partial charge in [0.15, 0.2) is 6.10 Å². The summed E-state index contributed by atoms with van der Waals surface area (Å²) in [5.74, 6) is -1.28. The van der Waals surface area contributed by atoms with Gasteiger partial charge in [0.05, 0.1) is 0 Å². The maximum Gasteiger partial charge on any atom is 0.332 e. The highest BCUT2D eigenvalue weighted by atomic mass is 16.4. The van der Waals surface area contributed by atoms with Crippen LogP contribution < -0.4 is 10.6 Å². The number of aliphatic carboxylic acids is 1. The fraction of sp³-hybridized carbons (Fsp3) is 0.800. The number of hydrogen-bond acceptors (Lipinski definition) is 4. The lowest BCUT2D eigenvalue weighted by molar-refractivity contribution is -0.146. The number of carboxylic acids is 1. The number of urea groups is 1. The first kappa shape index (κ1) is 15.7. The second kappa shape index (κ2) is 8.77. The zero-order chi connectivity index (χ0) is 13.3. The Labute approximate surface area is 101 Å². The summed E-state index contributed by atoms with van der Waals surface area (Å²) >= 11 is 0. The van der Waals surface area contributed by atoms with E-state index in [0.29, 0.717) is 6.54 Å². The molecule has 7 heteroatoms. The molecule has 0 aromatic carbocycles. The average Bonchev–Trinajstić information content (AvgIpc) is 2.28. The van der Waals surface area contributed by atoms with Crippen LogP contribution in [0.25, 0.3) is 0 Å². The van der Waals surface area contributed by atoms with Crippen molar-refractivity contribution in [3.63, 3.8) is 0 Å². The molecule has 0 aliphatic heterocycles. The quantitative estimate of drug-likeness (QED) is 0.444. The van der Waals surface area contributed by atoms with E-state index in [2.05, 4.69) is 15.5 Å². The number of carbonyl (C=O) groups excluding carboxylic acids is 1. The Morgan fingerprint density at radius 1 is 1.29 bits per heavy atom. The topological polar surface area (TPSA) is 102 Å². The van der Waals surface area contributed by atoms with E-state index in [0.717, 1.165) is 13.1 Å². The van der Waals surface area contributed by atoms with Gasteiger partial charge < -0.3 is 25.7 Å². The van der Waals surface area contributed by atoms with Crippen LogP contribution in [0.2, 0.25) is 0 Å². The van der Waals surface area contributed by atoms with Gasteiger partial charge in [-0.05, 0) is 13.6 Å². The van der Waals surface area contributed by atoms with E-state index in [1.54, 1.807) is 0 Å². The Bertz CT molecular complexity index is 248. The van der Waals surface area contributed by atoms with Crippen LogP contribution in [-0.4, -0.2) is 66.4 Å². The van der Waals surface area contributed by atoms with Gasteiger partial charge in [0.2, 0.25) is 0 Å². The lowest BCUT2D eigenvalue weighted by Gasteiger charge is -2.14. The van der Waals surface area contributed by atoms with Crippen LogP contribution in [0.15, 0.2) is 0 Å². The Kier molecular flexibility index (Phi) is 8.08. The predicted molar refractivity (Wildman–Crippen MR) is 62.8 cm³/mol. The Hall–Kier alpha value is -1.34. The van der Waals surface area contributed by atoms with Crippen molar-refractivity contribution < 1.29 is 19.8 Å². The molecule has 0 fully saturated rings. The van der Waals surface area contributed by atoms with Crippen molar-refractivity contribution in [2.24, 2.45) is 0 Å². The maximum absolute atomic E-state index is 11.2. The van der Waals surface area contributed by atoms with Gasteiger partial charge in [0, 0.05) is 26.1 Å². The first-order valence-electron chi connectivity index (χ1n) is 5.58. The SMILES string of the molecule is CCN(C)CCNC(=O)NCC[C@H](O)C(=O)O. The summed E-state index contributed by atoms with van der Waals surface area (Å²) < 4.78 is 0. The lowest BCUT2D eigenvalue weighted by atomic mass is 10.2. The Morgan fingerprint density at radius 2 is 1.88 bits per heavy atom. The molecule has 7 nitrogen and oxygen atoms in total. The summed E-state index contributed by atoms with van der Waals surface area (Å²) in [6.45, 7) is 4.34. The number of aliphatic hydroxyl groups is 1. The molecule has 2 amide bonds. The van der Waals surface area contributed by atoms with Crippen LogP contribution in [0.4, 0.5) is 4.79 Å². The van der Waals surface area contributed by atoms with Crippen LogP contribution in [0.1, 0.15) is 13.3 Å². The van der Waals surface area contributed by atoms with E-state index in [9.17, 15) is 9.59 Å². The van der Waals surface area contributed by atoms with Gasteiger partial charge in [-0.15, -0.1) is 0 Å². The summed E-state index contributed by atoms with van der Waals surface area (Å²) in [4.78, 5) is 23.5. The van der Waals surface area contributed by atoms with Crippen molar-refractivity contribution in [1.29, 1.82) is 0 Å². The van der Waals surface area contributed by atoms with E-state index < -0.39 is 12.1 Å². The van der Waals surface area contributed by atoms with Crippen molar-refractivity contribution in [2.45, 2.75) is 19.4 Å². The van der Waals surface area contributed by atoms with E-state index >= 15 is 0 Å². The summed E-state index contributed by atoms with van der Waals surface area (Å²) in [7, 11) is 1.95. The Balaban J connectivity index is 3.50. The number of carboxylic acid groups (broad SMARTS) is 1. The van der Waals surface area contributed by atoms with E-state index in [-0.39, 0.29) is 19.0 Å². The lowest BCUT2D eigenvalue weighted by Crippen LogP contribution is -2.40. The number of aliphatic hydroxyl groups excluding tert-OH is 1. The van der Waals surface area contributed by atoms with Crippen LogP contribution in [0.5, 0.6) is 0 Å². The van der Waals surface area contributed by atoms with E-state index in [4.69, 9.17) is 10.2 Å². The zero-order valence-electron chi connectivity index (χ0n) is 10.3. The second-order valence-corrected chi connectivity index (χ2v) is 3.72. The minimum Gasteiger partial charge on any atom is -0.479 e. The third-order valence-electron chi connectivity index (χ3n) is 2.31. The van der Waals surface area contributed by atoms with E-state index in [1.807, 2.05) is 14.0 Å². The molecule has 0 aromatic heterocycles. The highest BCUT2D eigenvalue weighted by molar-refractivity contribution is 5.74. The highest BCUT2D eigenvalue weighted by Crippen LogP contribution is 1.88. The van der Waals surface area contributed by atoms with Crippen molar-refractivity contribution in [1.82, 2.24) is 15.5 Å². The predicted octanol–water partition coefficient (Wildman–Crippen LogP) is -0.927. The fourth-order valence-electron chi connectivity index (χ4n) is 1.03. The van der Waals surface area contributed by atoms with Gasteiger partial charge in [-0.1, -0.05) is 6.92 Å². The molecule has 0 heterocycles. The summed E-state index contributed by atoms with van der Waals surface area (Å²) in [6.07, 6.45) is -1.43. The molecule has 0 saturated carbocycles. The molecule has 0 bridgehead atoms. The maximum atomic E-state index is 11.2. The number of rotatable bonds is 8. The van der Waals surface area contributed by atoms with Crippen molar-refractivity contribution in [3.05, 3.63) is 0 Å². The molecule has 0 aromatic rings. The number of amides is 2. The van der Waals surface area contributed by atoms with Crippen LogP contribution in [0, 0.1) is 0 Å². The molecule has 0 spiro atoms. The van der Waals surface area contributed by atoms with Gasteiger partial charge >= 0.3 is 12.0 Å². The minimum atomic E-state index is -1.43. The monoisotopic (exact) mass is 247 g/mol. The number of nitrogens with one attached hydrogen (secondary N) is 2.